The van der Waals surface area contributed by atoms with Crippen LogP contribution >= 0.6 is 58.2 Å². The smallest absolute Gasteiger partial charge is 0.323 e. The fourth-order valence-electron chi connectivity index (χ4n) is 2.62. The second-order valence-corrected chi connectivity index (χ2v) is 9.44. The van der Waals surface area contributed by atoms with Gasteiger partial charge in [-0.05, 0) is 64.1 Å². The first-order valence-corrected chi connectivity index (χ1v) is 11.2. The standard InChI is InChI=1S/C20H15ClINO5S2/c1-27-15-7-12(8-16-19(26)23(9-17(24)25)20(29)30-16)6-14(21)18(15)28-10-11-2-4-13(22)5-3-11/h2-8H,9-10H2,1H3,(H,24,25)/b16-8-. The summed E-state index contributed by atoms with van der Waals surface area (Å²) in [6, 6.07) is 11.3. The number of hydrogen-bond acceptors (Lipinski definition) is 6. The molecule has 0 aromatic heterocycles. The van der Waals surface area contributed by atoms with E-state index in [-0.39, 0.29) is 4.32 Å². The Morgan fingerprint density at radius 1 is 1.33 bits per heavy atom. The summed E-state index contributed by atoms with van der Waals surface area (Å²) >= 11 is 14.8. The van der Waals surface area contributed by atoms with Crippen molar-refractivity contribution in [1.82, 2.24) is 4.90 Å². The van der Waals surface area contributed by atoms with Gasteiger partial charge in [-0.15, -0.1) is 0 Å². The number of carbonyl (C=O) groups is 2. The molecule has 0 bridgehead atoms. The van der Waals surface area contributed by atoms with Crippen molar-refractivity contribution >= 4 is 80.4 Å². The zero-order valence-corrected chi connectivity index (χ0v) is 20.1. The number of amides is 1. The third-order valence-corrected chi connectivity index (χ3v) is 6.39. The van der Waals surface area contributed by atoms with Crippen LogP contribution in [0.15, 0.2) is 41.3 Å². The third-order valence-electron chi connectivity index (χ3n) is 4.01. The lowest BCUT2D eigenvalue weighted by molar-refractivity contribution is -0.140. The van der Waals surface area contributed by atoms with E-state index in [4.69, 9.17) is 38.4 Å². The molecule has 1 amide bonds. The quantitative estimate of drug-likeness (QED) is 0.288. The van der Waals surface area contributed by atoms with Gasteiger partial charge in [0.2, 0.25) is 0 Å². The second kappa shape index (κ2) is 9.99. The normalized spacial score (nSPS) is 15.0. The first kappa shape index (κ1) is 22.9. The summed E-state index contributed by atoms with van der Waals surface area (Å²) in [4.78, 5) is 24.7. The van der Waals surface area contributed by atoms with Crippen LogP contribution in [0.5, 0.6) is 11.5 Å². The second-order valence-electron chi connectivity index (χ2n) is 6.11. The van der Waals surface area contributed by atoms with Gasteiger partial charge in [-0.3, -0.25) is 14.5 Å². The fraction of sp³-hybridized carbons (Fsp3) is 0.150. The van der Waals surface area contributed by atoms with E-state index in [1.54, 1.807) is 18.2 Å². The minimum absolute atomic E-state index is 0.198. The average molecular weight is 576 g/mol. The maximum absolute atomic E-state index is 12.4. The molecule has 10 heteroatoms. The molecular formula is C20H15ClINO5S2. The number of carboxylic acid groups (broad SMARTS) is 1. The largest absolute Gasteiger partial charge is 0.493 e. The van der Waals surface area contributed by atoms with Crippen molar-refractivity contribution in [3.05, 3.63) is 61.0 Å². The van der Waals surface area contributed by atoms with Gasteiger partial charge in [-0.1, -0.05) is 47.7 Å². The van der Waals surface area contributed by atoms with Gasteiger partial charge in [0.05, 0.1) is 17.0 Å². The predicted molar refractivity (Wildman–Crippen MR) is 129 cm³/mol. The SMILES string of the molecule is COc1cc(/C=C2\SC(=S)N(CC(=O)O)C2=O)cc(Cl)c1OCc1ccc(I)cc1. The van der Waals surface area contributed by atoms with E-state index in [0.29, 0.717) is 33.6 Å². The number of hydrogen-bond donors (Lipinski definition) is 1. The van der Waals surface area contributed by atoms with Crippen molar-refractivity contribution in [3.63, 3.8) is 0 Å². The molecule has 156 valence electrons. The average Bonchev–Trinajstić information content (AvgIpc) is 2.95. The first-order chi connectivity index (χ1) is 14.3. The van der Waals surface area contributed by atoms with Gasteiger partial charge in [-0.2, -0.15) is 0 Å². The van der Waals surface area contributed by atoms with Crippen molar-refractivity contribution in [2.75, 3.05) is 13.7 Å². The molecule has 0 radical (unpaired) electrons. The predicted octanol–water partition coefficient (Wildman–Crippen LogP) is 4.82. The Morgan fingerprint density at radius 3 is 2.67 bits per heavy atom. The van der Waals surface area contributed by atoms with Gasteiger partial charge in [0.15, 0.2) is 11.5 Å². The van der Waals surface area contributed by atoms with Crippen molar-refractivity contribution in [2.24, 2.45) is 0 Å². The van der Waals surface area contributed by atoms with E-state index in [0.717, 1.165) is 25.8 Å². The van der Waals surface area contributed by atoms with Crippen LogP contribution in [0.1, 0.15) is 11.1 Å². The van der Waals surface area contributed by atoms with E-state index in [1.807, 2.05) is 24.3 Å². The van der Waals surface area contributed by atoms with Gasteiger partial charge in [-0.25, -0.2) is 0 Å². The number of thioether (sulfide) groups is 1. The molecule has 1 N–H and O–H groups in total. The first-order valence-electron chi connectivity index (χ1n) is 8.50. The molecule has 3 rings (SSSR count). The van der Waals surface area contributed by atoms with E-state index in [9.17, 15) is 9.59 Å². The molecule has 1 aliphatic heterocycles. The number of nitrogens with zero attached hydrogens (tertiary/aromatic N) is 1. The minimum Gasteiger partial charge on any atom is -0.493 e. The van der Waals surface area contributed by atoms with Gasteiger partial charge in [0.1, 0.15) is 17.5 Å². The van der Waals surface area contributed by atoms with Crippen LogP contribution in [-0.4, -0.2) is 39.9 Å². The summed E-state index contributed by atoms with van der Waals surface area (Å²) < 4.78 is 12.6. The summed E-state index contributed by atoms with van der Waals surface area (Å²) in [5, 5.41) is 9.26. The number of rotatable bonds is 7. The summed E-state index contributed by atoms with van der Waals surface area (Å²) in [6.45, 7) is -0.155. The summed E-state index contributed by atoms with van der Waals surface area (Å²) in [5.74, 6) is -0.776. The van der Waals surface area contributed by atoms with E-state index in [2.05, 4.69) is 22.6 Å². The third kappa shape index (κ3) is 5.45. The number of carboxylic acids is 1. The molecule has 2 aromatic carbocycles. The molecular weight excluding hydrogens is 561 g/mol. The summed E-state index contributed by atoms with van der Waals surface area (Å²) in [7, 11) is 1.50. The molecule has 30 heavy (non-hydrogen) atoms. The lowest BCUT2D eigenvalue weighted by Gasteiger charge is -2.14. The number of carbonyl (C=O) groups excluding carboxylic acids is 1. The van der Waals surface area contributed by atoms with Crippen molar-refractivity contribution in [1.29, 1.82) is 0 Å². The lowest BCUT2D eigenvalue weighted by atomic mass is 10.1. The fourth-order valence-corrected chi connectivity index (χ4v) is 4.51. The molecule has 2 aromatic rings. The number of halogens is 2. The molecule has 0 aliphatic carbocycles. The molecule has 0 unspecified atom stereocenters. The maximum Gasteiger partial charge on any atom is 0.323 e. The number of benzene rings is 2. The molecule has 1 fully saturated rings. The van der Waals surface area contributed by atoms with E-state index in [1.165, 1.54) is 7.11 Å². The maximum atomic E-state index is 12.4. The zero-order valence-electron chi connectivity index (χ0n) is 15.6. The Bertz CT molecular complexity index is 1040. The highest BCUT2D eigenvalue weighted by Gasteiger charge is 2.33. The van der Waals surface area contributed by atoms with Crippen LogP contribution in [-0.2, 0) is 16.2 Å². The van der Waals surface area contributed by atoms with E-state index < -0.39 is 18.4 Å². The molecule has 1 saturated heterocycles. The highest BCUT2D eigenvalue weighted by atomic mass is 127. The Kier molecular flexibility index (Phi) is 7.61. The Hall–Kier alpha value is -1.82. The summed E-state index contributed by atoms with van der Waals surface area (Å²) in [5.41, 5.74) is 1.59. The molecule has 0 spiro atoms. The topological polar surface area (TPSA) is 76.1 Å². The Morgan fingerprint density at radius 2 is 2.03 bits per heavy atom. The highest BCUT2D eigenvalue weighted by Crippen LogP contribution is 2.39. The number of methoxy groups -OCH3 is 1. The highest BCUT2D eigenvalue weighted by molar-refractivity contribution is 14.1. The van der Waals surface area contributed by atoms with Crippen LogP contribution in [0, 0.1) is 3.57 Å². The molecule has 0 atom stereocenters. The summed E-state index contributed by atoms with van der Waals surface area (Å²) in [6.07, 6.45) is 1.60. The van der Waals surface area contributed by atoms with Crippen LogP contribution in [0.4, 0.5) is 0 Å². The van der Waals surface area contributed by atoms with Crippen LogP contribution in [0.25, 0.3) is 6.08 Å². The van der Waals surface area contributed by atoms with Gasteiger partial charge in [0.25, 0.3) is 5.91 Å². The van der Waals surface area contributed by atoms with Crippen molar-refractivity contribution in [2.45, 2.75) is 6.61 Å². The lowest BCUT2D eigenvalue weighted by Crippen LogP contribution is -2.33. The number of thiocarbonyl (C=S) groups is 1. The molecule has 6 nitrogen and oxygen atoms in total. The molecule has 1 aliphatic rings. The Balaban J connectivity index is 1.82. The zero-order chi connectivity index (χ0) is 21.8. The van der Waals surface area contributed by atoms with Crippen molar-refractivity contribution < 1.29 is 24.2 Å². The van der Waals surface area contributed by atoms with Crippen LogP contribution in [0.3, 0.4) is 0 Å². The minimum atomic E-state index is -1.13. The Labute approximate surface area is 201 Å². The monoisotopic (exact) mass is 575 g/mol. The van der Waals surface area contributed by atoms with E-state index >= 15 is 0 Å². The van der Waals surface area contributed by atoms with Gasteiger partial charge in [0, 0.05) is 3.57 Å². The number of ether oxygens (including phenoxy) is 2. The van der Waals surface area contributed by atoms with Gasteiger partial charge >= 0.3 is 5.97 Å². The van der Waals surface area contributed by atoms with Crippen LogP contribution in [0.2, 0.25) is 5.02 Å². The molecule has 0 saturated carbocycles. The van der Waals surface area contributed by atoms with Gasteiger partial charge < -0.3 is 14.6 Å². The van der Waals surface area contributed by atoms with Crippen molar-refractivity contribution in [3.8, 4) is 11.5 Å². The number of aliphatic carboxylic acids is 1. The van der Waals surface area contributed by atoms with Crippen LogP contribution < -0.4 is 9.47 Å². The molecule has 1 heterocycles.